The van der Waals surface area contributed by atoms with Crippen LogP contribution < -0.4 is 10.6 Å². The van der Waals surface area contributed by atoms with Crippen LogP contribution in [0.3, 0.4) is 0 Å². The summed E-state index contributed by atoms with van der Waals surface area (Å²) in [7, 11) is 0. The lowest BCUT2D eigenvalue weighted by atomic mass is 9.89. The fourth-order valence-corrected chi connectivity index (χ4v) is 2.02. The largest absolute Gasteiger partial charge is 0.393 e. The normalized spacial score (nSPS) is 21.8. The van der Waals surface area contributed by atoms with Crippen molar-refractivity contribution in [3.05, 3.63) is 11.9 Å². The van der Waals surface area contributed by atoms with Crippen molar-refractivity contribution in [1.29, 1.82) is 0 Å². The van der Waals surface area contributed by atoms with E-state index in [2.05, 4.69) is 20.6 Å². The highest BCUT2D eigenvalue weighted by molar-refractivity contribution is 5.48. The first-order valence-corrected chi connectivity index (χ1v) is 6.85. The summed E-state index contributed by atoms with van der Waals surface area (Å²) in [5, 5.41) is 15.8. The lowest BCUT2D eigenvalue weighted by Crippen LogP contribution is -2.39. The van der Waals surface area contributed by atoms with Gasteiger partial charge in [-0.15, -0.1) is 0 Å². The maximum atomic E-state index is 9.30. The fraction of sp³-hybridized carbons (Fsp3) is 0.692. The van der Waals surface area contributed by atoms with Gasteiger partial charge in [-0.2, -0.15) is 0 Å². The zero-order chi connectivity index (χ0) is 13.7. The standard InChI is InChI=1S/C13H22N4O2/c1-3-14-11-7-12(15-9-5-10(18)6-9)17-13(16-11)8-19-4-2/h7,9-10,18H,3-6,8H2,1-2H3,(H2,14,15,16,17). The van der Waals surface area contributed by atoms with Crippen molar-refractivity contribution >= 4 is 11.6 Å². The summed E-state index contributed by atoms with van der Waals surface area (Å²) in [5.41, 5.74) is 0. The van der Waals surface area contributed by atoms with Gasteiger partial charge in [0.15, 0.2) is 5.82 Å². The number of ether oxygens (including phenoxy) is 1. The zero-order valence-electron chi connectivity index (χ0n) is 11.5. The average molecular weight is 266 g/mol. The van der Waals surface area contributed by atoms with Gasteiger partial charge in [-0.3, -0.25) is 0 Å². The van der Waals surface area contributed by atoms with E-state index in [1.165, 1.54) is 0 Å². The summed E-state index contributed by atoms with van der Waals surface area (Å²) in [4.78, 5) is 8.82. The minimum atomic E-state index is -0.171. The van der Waals surface area contributed by atoms with E-state index in [-0.39, 0.29) is 6.10 Å². The molecule has 1 aliphatic rings. The van der Waals surface area contributed by atoms with Gasteiger partial charge in [0.1, 0.15) is 18.2 Å². The second-order valence-corrected chi connectivity index (χ2v) is 4.69. The average Bonchev–Trinajstić information content (AvgIpc) is 2.35. The van der Waals surface area contributed by atoms with E-state index >= 15 is 0 Å². The summed E-state index contributed by atoms with van der Waals surface area (Å²) in [6.07, 6.45) is 1.39. The molecule has 1 heterocycles. The Balaban J connectivity index is 2.04. The third kappa shape index (κ3) is 4.04. The molecule has 0 saturated heterocycles. The molecule has 0 radical (unpaired) electrons. The summed E-state index contributed by atoms with van der Waals surface area (Å²) < 4.78 is 5.35. The molecule has 0 aromatic carbocycles. The third-order valence-electron chi connectivity index (χ3n) is 3.03. The van der Waals surface area contributed by atoms with Gasteiger partial charge < -0.3 is 20.5 Å². The second kappa shape index (κ2) is 6.68. The van der Waals surface area contributed by atoms with Gasteiger partial charge in [0.25, 0.3) is 0 Å². The Kier molecular flexibility index (Phi) is 4.93. The highest BCUT2D eigenvalue weighted by atomic mass is 16.5. The Morgan fingerprint density at radius 3 is 2.68 bits per heavy atom. The first-order valence-electron chi connectivity index (χ1n) is 6.85. The van der Waals surface area contributed by atoms with Crippen LogP contribution in [0.2, 0.25) is 0 Å². The molecule has 1 aromatic rings. The number of nitrogens with one attached hydrogen (secondary N) is 2. The smallest absolute Gasteiger partial charge is 0.158 e. The Labute approximate surface area is 113 Å². The fourth-order valence-electron chi connectivity index (χ4n) is 2.02. The Morgan fingerprint density at radius 2 is 2.05 bits per heavy atom. The highest BCUT2D eigenvalue weighted by Crippen LogP contribution is 2.24. The predicted octanol–water partition coefficient (Wildman–Crippen LogP) is 1.38. The van der Waals surface area contributed by atoms with Gasteiger partial charge in [0.05, 0.1) is 6.10 Å². The molecule has 0 bridgehead atoms. The van der Waals surface area contributed by atoms with Crippen molar-refractivity contribution in [1.82, 2.24) is 9.97 Å². The number of aliphatic hydroxyl groups excluding tert-OH is 1. The quantitative estimate of drug-likeness (QED) is 0.692. The van der Waals surface area contributed by atoms with Crippen LogP contribution in [0, 0.1) is 0 Å². The van der Waals surface area contributed by atoms with Crippen LogP contribution in [0.4, 0.5) is 11.6 Å². The minimum Gasteiger partial charge on any atom is -0.393 e. The molecule has 0 atom stereocenters. The van der Waals surface area contributed by atoms with Crippen molar-refractivity contribution in [2.45, 2.75) is 45.4 Å². The number of rotatable bonds is 7. The number of nitrogens with zero attached hydrogens (tertiary/aromatic N) is 2. The molecular formula is C13H22N4O2. The van der Waals surface area contributed by atoms with E-state index < -0.39 is 0 Å². The van der Waals surface area contributed by atoms with E-state index in [0.717, 1.165) is 31.0 Å². The molecule has 0 aliphatic heterocycles. The second-order valence-electron chi connectivity index (χ2n) is 4.69. The van der Waals surface area contributed by atoms with Gasteiger partial charge in [-0.05, 0) is 26.7 Å². The van der Waals surface area contributed by atoms with Crippen LogP contribution in [0.5, 0.6) is 0 Å². The van der Waals surface area contributed by atoms with Crippen molar-refractivity contribution in [3.8, 4) is 0 Å². The van der Waals surface area contributed by atoms with E-state index in [1.807, 2.05) is 19.9 Å². The van der Waals surface area contributed by atoms with Gasteiger partial charge in [-0.25, -0.2) is 9.97 Å². The molecule has 0 spiro atoms. The number of anilines is 2. The summed E-state index contributed by atoms with van der Waals surface area (Å²) in [6, 6.07) is 2.20. The van der Waals surface area contributed by atoms with Gasteiger partial charge in [0.2, 0.25) is 0 Å². The van der Waals surface area contributed by atoms with Gasteiger partial charge in [-0.1, -0.05) is 0 Å². The molecule has 0 unspecified atom stereocenters. The Bertz CT molecular complexity index is 408. The molecule has 1 saturated carbocycles. The van der Waals surface area contributed by atoms with Crippen LogP contribution in [-0.4, -0.2) is 40.4 Å². The van der Waals surface area contributed by atoms with E-state index in [4.69, 9.17) is 4.74 Å². The van der Waals surface area contributed by atoms with Gasteiger partial charge in [0, 0.05) is 25.3 Å². The molecule has 6 nitrogen and oxygen atoms in total. The van der Waals surface area contributed by atoms with Crippen molar-refractivity contribution in [2.75, 3.05) is 23.8 Å². The number of aliphatic hydroxyl groups is 1. The van der Waals surface area contributed by atoms with Crippen LogP contribution >= 0.6 is 0 Å². The monoisotopic (exact) mass is 266 g/mol. The number of aromatic nitrogens is 2. The van der Waals surface area contributed by atoms with E-state index in [9.17, 15) is 5.11 Å². The van der Waals surface area contributed by atoms with E-state index in [0.29, 0.717) is 25.1 Å². The molecule has 1 aliphatic carbocycles. The Hall–Kier alpha value is -1.40. The topological polar surface area (TPSA) is 79.3 Å². The van der Waals surface area contributed by atoms with Gasteiger partial charge >= 0.3 is 0 Å². The molecule has 3 N–H and O–H groups in total. The maximum absolute atomic E-state index is 9.30. The predicted molar refractivity (Wildman–Crippen MR) is 74.2 cm³/mol. The summed E-state index contributed by atoms with van der Waals surface area (Å²) in [6.45, 7) is 5.85. The number of hydrogen-bond donors (Lipinski definition) is 3. The molecular weight excluding hydrogens is 244 g/mol. The van der Waals surface area contributed by atoms with Crippen molar-refractivity contribution < 1.29 is 9.84 Å². The van der Waals surface area contributed by atoms with Crippen LogP contribution in [0.25, 0.3) is 0 Å². The SMILES string of the molecule is CCNc1cc(NC2CC(O)C2)nc(COCC)n1. The molecule has 6 heteroatoms. The first-order chi connectivity index (χ1) is 9.21. The third-order valence-corrected chi connectivity index (χ3v) is 3.03. The molecule has 1 aromatic heterocycles. The summed E-state index contributed by atoms with van der Waals surface area (Å²) in [5.74, 6) is 2.26. The Morgan fingerprint density at radius 1 is 1.32 bits per heavy atom. The lowest BCUT2D eigenvalue weighted by molar-refractivity contribution is 0.0835. The van der Waals surface area contributed by atoms with Crippen LogP contribution in [0.15, 0.2) is 6.07 Å². The van der Waals surface area contributed by atoms with Crippen molar-refractivity contribution in [2.24, 2.45) is 0 Å². The maximum Gasteiger partial charge on any atom is 0.158 e. The highest BCUT2D eigenvalue weighted by Gasteiger charge is 2.27. The molecule has 19 heavy (non-hydrogen) atoms. The number of hydrogen-bond acceptors (Lipinski definition) is 6. The van der Waals surface area contributed by atoms with Crippen LogP contribution in [-0.2, 0) is 11.3 Å². The van der Waals surface area contributed by atoms with Crippen LogP contribution in [0.1, 0.15) is 32.5 Å². The minimum absolute atomic E-state index is 0.171. The zero-order valence-corrected chi connectivity index (χ0v) is 11.5. The lowest BCUT2D eigenvalue weighted by Gasteiger charge is -2.32. The van der Waals surface area contributed by atoms with Crippen molar-refractivity contribution in [3.63, 3.8) is 0 Å². The molecule has 2 rings (SSSR count). The summed E-state index contributed by atoms with van der Waals surface area (Å²) >= 11 is 0. The molecule has 106 valence electrons. The van der Waals surface area contributed by atoms with E-state index in [1.54, 1.807) is 0 Å². The molecule has 1 fully saturated rings. The molecule has 0 amide bonds. The first kappa shape index (κ1) is 14.0.